The van der Waals surface area contributed by atoms with E-state index in [0.717, 1.165) is 56.7 Å². The number of thiophene rings is 1. The number of nitrogens with zero attached hydrogens (tertiary/aromatic N) is 3. The van der Waals surface area contributed by atoms with Crippen molar-refractivity contribution in [2.24, 2.45) is 5.92 Å². The Labute approximate surface area is 205 Å². The van der Waals surface area contributed by atoms with Gasteiger partial charge >= 0.3 is 0 Å². The largest absolute Gasteiger partial charge is 0.340 e. The number of hydrogen-bond acceptors (Lipinski definition) is 4. The number of amides is 2. The van der Waals surface area contributed by atoms with E-state index in [1.54, 1.807) is 11.3 Å². The highest BCUT2D eigenvalue weighted by Crippen LogP contribution is 2.26. The molecule has 5 nitrogen and oxygen atoms in total. The molecule has 34 heavy (non-hydrogen) atoms. The summed E-state index contributed by atoms with van der Waals surface area (Å²) >= 11 is 1.70. The summed E-state index contributed by atoms with van der Waals surface area (Å²) in [4.78, 5) is 33.7. The van der Waals surface area contributed by atoms with Gasteiger partial charge in [-0.15, -0.1) is 11.3 Å². The summed E-state index contributed by atoms with van der Waals surface area (Å²) in [6.07, 6.45) is 1.50. The molecule has 2 aliphatic rings. The Morgan fingerprint density at radius 3 is 2.12 bits per heavy atom. The van der Waals surface area contributed by atoms with Gasteiger partial charge in [0.05, 0.1) is 0 Å². The van der Waals surface area contributed by atoms with Crippen molar-refractivity contribution in [3.8, 4) is 10.4 Å². The van der Waals surface area contributed by atoms with Gasteiger partial charge in [-0.1, -0.05) is 48.5 Å². The molecular formula is C28H31N3O2S. The topological polar surface area (TPSA) is 43.9 Å². The molecule has 0 unspecified atom stereocenters. The summed E-state index contributed by atoms with van der Waals surface area (Å²) in [6, 6.07) is 22.5. The van der Waals surface area contributed by atoms with Gasteiger partial charge in [-0.2, -0.15) is 0 Å². The molecular weight excluding hydrogens is 442 g/mol. The van der Waals surface area contributed by atoms with Crippen LogP contribution < -0.4 is 0 Å². The molecule has 0 saturated carbocycles. The van der Waals surface area contributed by atoms with Crippen LogP contribution in [0.25, 0.3) is 10.4 Å². The van der Waals surface area contributed by atoms with Crippen molar-refractivity contribution in [3.05, 3.63) is 83.2 Å². The summed E-state index contributed by atoms with van der Waals surface area (Å²) in [5, 5.41) is 2.06. The zero-order valence-corrected chi connectivity index (χ0v) is 20.3. The molecule has 0 aliphatic carbocycles. The van der Waals surface area contributed by atoms with Gasteiger partial charge < -0.3 is 9.80 Å². The first-order valence-electron chi connectivity index (χ1n) is 12.2. The van der Waals surface area contributed by atoms with Crippen molar-refractivity contribution in [3.63, 3.8) is 0 Å². The second kappa shape index (κ2) is 10.5. The maximum atomic E-state index is 13.1. The van der Waals surface area contributed by atoms with Gasteiger partial charge in [0.2, 0.25) is 5.91 Å². The number of rotatable bonds is 5. The molecule has 2 aromatic carbocycles. The Morgan fingerprint density at radius 1 is 0.765 bits per heavy atom. The number of benzene rings is 2. The highest BCUT2D eigenvalue weighted by atomic mass is 32.1. The molecule has 0 N–H and O–H groups in total. The zero-order valence-electron chi connectivity index (χ0n) is 19.4. The predicted octanol–water partition coefficient (Wildman–Crippen LogP) is 4.61. The molecule has 0 spiro atoms. The second-order valence-corrected chi connectivity index (χ2v) is 10.2. The molecule has 2 aliphatic heterocycles. The SMILES string of the molecule is O=C(c1ccc(-c2cccs2)cc1)N1CCC(C(=O)N2CCN(Cc3ccccc3)CC2)CC1. The first-order chi connectivity index (χ1) is 16.7. The van der Waals surface area contributed by atoms with Crippen LogP contribution >= 0.6 is 11.3 Å². The van der Waals surface area contributed by atoms with E-state index in [9.17, 15) is 9.59 Å². The fourth-order valence-electron chi connectivity index (χ4n) is 4.96. The molecule has 3 aromatic rings. The van der Waals surface area contributed by atoms with Gasteiger partial charge in [0.15, 0.2) is 0 Å². The average Bonchev–Trinajstić information content (AvgIpc) is 3.44. The van der Waals surface area contributed by atoms with Crippen LogP contribution in [0.1, 0.15) is 28.8 Å². The normalized spacial score (nSPS) is 17.6. The van der Waals surface area contributed by atoms with E-state index in [-0.39, 0.29) is 17.7 Å². The van der Waals surface area contributed by atoms with E-state index in [1.165, 1.54) is 10.4 Å². The fraction of sp³-hybridized carbons (Fsp3) is 0.357. The summed E-state index contributed by atoms with van der Waals surface area (Å²) in [5.41, 5.74) is 3.18. The van der Waals surface area contributed by atoms with E-state index in [0.29, 0.717) is 13.1 Å². The lowest BCUT2D eigenvalue weighted by molar-refractivity contribution is -0.138. The van der Waals surface area contributed by atoms with E-state index in [4.69, 9.17) is 0 Å². The molecule has 2 fully saturated rings. The van der Waals surface area contributed by atoms with Crippen molar-refractivity contribution in [2.75, 3.05) is 39.3 Å². The minimum Gasteiger partial charge on any atom is -0.340 e. The van der Waals surface area contributed by atoms with Crippen LogP contribution in [0.5, 0.6) is 0 Å². The van der Waals surface area contributed by atoms with Crippen LogP contribution in [0.4, 0.5) is 0 Å². The third-order valence-electron chi connectivity index (χ3n) is 7.00. The quantitative estimate of drug-likeness (QED) is 0.544. The van der Waals surface area contributed by atoms with Crippen molar-refractivity contribution >= 4 is 23.2 Å². The van der Waals surface area contributed by atoms with Crippen LogP contribution in [0.3, 0.4) is 0 Å². The summed E-state index contributed by atoms with van der Waals surface area (Å²) in [6.45, 7) is 5.66. The van der Waals surface area contributed by atoms with Crippen LogP contribution in [0.2, 0.25) is 0 Å². The van der Waals surface area contributed by atoms with E-state index in [2.05, 4.69) is 40.6 Å². The van der Waals surface area contributed by atoms with Gasteiger partial charge in [0.25, 0.3) is 5.91 Å². The minimum absolute atomic E-state index is 0.0333. The highest BCUT2D eigenvalue weighted by molar-refractivity contribution is 7.13. The first kappa shape index (κ1) is 22.8. The molecule has 176 valence electrons. The van der Waals surface area contributed by atoms with Crippen molar-refractivity contribution in [1.82, 2.24) is 14.7 Å². The third-order valence-corrected chi connectivity index (χ3v) is 7.92. The molecule has 0 atom stereocenters. The summed E-state index contributed by atoms with van der Waals surface area (Å²) in [5.74, 6) is 0.371. The number of likely N-dealkylation sites (tertiary alicyclic amines) is 1. The van der Waals surface area contributed by atoms with Crippen LogP contribution in [-0.4, -0.2) is 65.8 Å². The number of hydrogen-bond donors (Lipinski definition) is 0. The lowest BCUT2D eigenvalue weighted by Gasteiger charge is -2.38. The van der Waals surface area contributed by atoms with Gasteiger partial charge in [0, 0.05) is 62.2 Å². The monoisotopic (exact) mass is 473 g/mol. The Kier molecular flexibility index (Phi) is 7.07. The maximum Gasteiger partial charge on any atom is 0.253 e. The van der Waals surface area contributed by atoms with Gasteiger partial charge in [-0.3, -0.25) is 14.5 Å². The Hall–Kier alpha value is -2.96. The average molecular weight is 474 g/mol. The van der Waals surface area contributed by atoms with Crippen LogP contribution in [0.15, 0.2) is 72.1 Å². The maximum absolute atomic E-state index is 13.1. The first-order valence-corrected chi connectivity index (χ1v) is 13.0. The number of carbonyl (C=O) groups excluding carboxylic acids is 2. The Bertz CT molecular complexity index is 1080. The Morgan fingerprint density at radius 2 is 1.47 bits per heavy atom. The van der Waals surface area contributed by atoms with E-state index < -0.39 is 0 Å². The zero-order chi connectivity index (χ0) is 23.3. The predicted molar refractivity (Wildman–Crippen MR) is 137 cm³/mol. The third kappa shape index (κ3) is 5.24. The van der Waals surface area contributed by atoms with E-state index in [1.807, 2.05) is 46.2 Å². The standard InChI is InChI=1S/C28H31N3O2S/c32-27(24-10-8-23(9-11-24)26-7-4-20-34-26)30-14-12-25(13-15-30)28(33)31-18-16-29(17-19-31)21-22-5-2-1-3-6-22/h1-11,20,25H,12-19,21H2. The molecule has 2 saturated heterocycles. The number of piperazine rings is 1. The molecule has 0 bridgehead atoms. The minimum atomic E-state index is 0.0333. The van der Waals surface area contributed by atoms with Crippen molar-refractivity contribution in [1.29, 1.82) is 0 Å². The lowest BCUT2D eigenvalue weighted by Crippen LogP contribution is -2.51. The molecule has 0 radical (unpaired) electrons. The Balaban J connectivity index is 1.09. The van der Waals surface area contributed by atoms with Crippen LogP contribution in [-0.2, 0) is 11.3 Å². The summed E-state index contributed by atoms with van der Waals surface area (Å²) < 4.78 is 0. The second-order valence-electron chi connectivity index (χ2n) is 9.21. The lowest BCUT2D eigenvalue weighted by atomic mass is 9.94. The van der Waals surface area contributed by atoms with Gasteiger partial charge in [-0.05, 0) is 47.5 Å². The van der Waals surface area contributed by atoms with E-state index >= 15 is 0 Å². The number of piperidine rings is 1. The fourth-order valence-corrected chi connectivity index (χ4v) is 5.69. The molecule has 3 heterocycles. The molecule has 2 amide bonds. The van der Waals surface area contributed by atoms with Crippen molar-refractivity contribution < 1.29 is 9.59 Å². The molecule has 6 heteroatoms. The molecule has 1 aromatic heterocycles. The van der Waals surface area contributed by atoms with Gasteiger partial charge in [0.1, 0.15) is 0 Å². The highest BCUT2D eigenvalue weighted by Gasteiger charge is 2.32. The van der Waals surface area contributed by atoms with Crippen molar-refractivity contribution in [2.45, 2.75) is 19.4 Å². The molecule has 5 rings (SSSR count). The smallest absolute Gasteiger partial charge is 0.253 e. The van der Waals surface area contributed by atoms with Crippen LogP contribution in [0, 0.1) is 5.92 Å². The van der Waals surface area contributed by atoms with Gasteiger partial charge in [-0.25, -0.2) is 0 Å². The number of carbonyl (C=O) groups is 2. The summed E-state index contributed by atoms with van der Waals surface area (Å²) in [7, 11) is 0.